The summed E-state index contributed by atoms with van der Waals surface area (Å²) >= 11 is 19.7. The fraction of sp³-hybridized carbons (Fsp3) is 0.231. The van der Waals surface area contributed by atoms with Crippen LogP contribution in [-0.4, -0.2) is 9.97 Å². The lowest BCUT2D eigenvalue weighted by atomic mass is 10.1. The molecule has 2 nitrogen and oxygen atoms in total. The molecule has 0 saturated carbocycles. The number of halogens is 3. The van der Waals surface area contributed by atoms with Gasteiger partial charge in [0.25, 0.3) is 0 Å². The largest absolute Gasteiger partial charge is 0.229 e. The van der Waals surface area contributed by atoms with Crippen LogP contribution < -0.4 is 0 Å². The highest BCUT2D eigenvalue weighted by atomic mass is 35.5. The van der Waals surface area contributed by atoms with Gasteiger partial charge in [0.05, 0.1) is 5.02 Å². The molecule has 0 radical (unpaired) electrons. The molecule has 6 heteroatoms. The fourth-order valence-corrected chi connectivity index (χ4v) is 3.56. The van der Waals surface area contributed by atoms with E-state index in [0.29, 0.717) is 15.2 Å². The van der Waals surface area contributed by atoms with E-state index in [1.165, 1.54) is 18.1 Å². The van der Waals surface area contributed by atoms with Gasteiger partial charge in [-0.15, -0.1) is 0 Å². The van der Waals surface area contributed by atoms with Crippen molar-refractivity contribution in [3.63, 3.8) is 0 Å². The predicted molar refractivity (Wildman–Crippen MR) is 81.7 cm³/mol. The Morgan fingerprint density at radius 3 is 2.53 bits per heavy atom. The van der Waals surface area contributed by atoms with Gasteiger partial charge < -0.3 is 0 Å². The Morgan fingerprint density at radius 2 is 1.84 bits per heavy atom. The summed E-state index contributed by atoms with van der Waals surface area (Å²) in [6, 6.07) is 5.34. The van der Waals surface area contributed by atoms with E-state index in [1.807, 2.05) is 19.9 Å². The Hall–Kier alpha value is -0.480. The fourth-order valence-electron chi connectivity index (χ4n) is 1.59. The quantitative estimate of drug-likeness (QED) is 0.673. The highest BCUT2D eigenvalue weighted by Gasteiger charge is 2.15. The van der Waals surface area contributed by atoms with Crippen LogP contribution in [0.1, 0.15) is 25.3 Å². The first-order valence-corrected chi connectivity index (χ1v) is 7.57. The van der Waals surface area contributed by atoms with Gasteiger partial charge >= 0.3 is 0 Å². The molecule has 1 aromatic carbocycles. The van der Waals surface area contributed by atoms with Gasteiger partial charge in [0.1, 0.15) is 16.5 Å². The molecule has 0 amide bonds. The minimum atomic E-state index is 0.231. The third-order valence-corrected chi connectivity index (χ3v) is 4.53. The molecule has 1 heterocycles. The number of hydrogen-bond donors (Lipinski definition) is 0. The number of hydrogen-bond acceptors (Lipinski definition) is 3. The maximum atomic E-state index is 6.16. The zero-order valence-corrected chi connectivity index (χ0v) is 13.4. The van der Waals surface area contributed by atoms with E-state index in [2.05, 4.69) is 9.97 Å². The Bertz CT molecular complexity index is 602. The van der Waals surface area contributed by atoms with Crippen LogP contribution >= 0.6 is 46.6 Å². The molecular formula is C13H11Cl3N2S. The molecule has 0 aliphatic rings. The molecule has 0 aliphatic carbocycles. The number of rotatable bonds is 3. The number of aromatic nitrogens is 2. The summed E-state index contributed by atoms with van der Waals surface area (Å²) in [5.41, 5.74) is 0.921. The highest BCUT2D eigenvalue weighted by molar-refractivity contribution is 7.99. The van der Waals surface area contributed by atoms with Gasteiger partial charge in [0.15, 0.2) is 0 Å². The number of nitrogens with zero attached hydrogens (tertiary/aromatic N) is 2. The van der Waals surface area contributed by atoms with Gasteiger partial charge in [0, 0.05) is 15.5 Å². The second kappa shape index (κ2) is 6.31. The lowest BCUT2D eigenvalue weighted by molar-refractivity contribution is 0.803. The lowest BCUT2D eigenvalue weighted by Gasteiger charge is -2.12. The van der Waals surface area contributed by atoms with E-state index in [-0.39, 0.29) is 5.92 Å². The molecule has 100 valence electrons. The minimum Gasteiger partial charge on any atom is -0.229 e. The maximum absolute atomic E-state index is 6.16. The van der Waals surface area contributed by atoms with Crippen LogP contribution in [0.4, 0.5) is 0 Å². The van der Waals surface area contributed by atoms with E-state index < -0.39 is 0 Å². The van der Waals surface area contributed by atoms with Crippen molar-refractivity contribution in [2.45, 2.75) is 29.7 Å². The van der Waals surface area contributed by atoms with Crippen molar-refractivity contribution in [3.05, 3.63) is 45.3 Å². The molecule has 0 bridgehead atoms. The third-order valence-electron chi connectivity index (χ3n) is 2.48. The Kier molecular flexibility index (Phi) is 4.96. The average Bonchev–Trinajstić information content (AvgIpc) is 2.33. The average molecular weight is 334 g/mol. The van der Waals surface area contributed by atoms with Crippen LogP contribution in [0.15, 0.2) is 34.4 Å². The molecule has 0 unspecified atom stereocenters. The van der Waals surface area contributed by atoms with Crippen molar-refractivity contribution in [2.75, 3.05) is 0 Å². The first-order chi connectivity index (χ1) is 8.99. The monoisotopic (exact) mass is 332 g/mol. The Balaban J connectivity index is 2.44. The molecule has 0 saturated heterocycles. The summed E-state index contributed by atoms with van der Waals surface area (Å²) in [6.07, 6.45) is 1.45. The van der Waals surface area contributed by atoms with Crippen molar-refractivity contribution in [3.8, 4) is 0 Å². The van der Waals surface area contributed by atoms with Gasteiger partial charge in [-0.3, -0.25) is 0 Å². The molecule has 1 aromatic heterocycles. The van der Waals surface area contributed by atoms with Crippen LogP contribution in [0.25, 0.3) is 0 Å². The molecule has 0 aliphatic heterocycles. The topological polar surface area (TPSA) is 25.8 Å². The smallest absolute Gasteiger partial charge is 0.137 e. The first-order valence-electron chi connectivity index (χ1n) is 5.62. The summed E-state index contributed by atoms with van der Waals surface area (Å²) in [7, 11) is 0. The maximum Gasteiger partial charge on any atom is 0.137 e. The standard InChI is InChI=1S/C13H11Cl3N2S/c1-7(2)11-12(16)17-6-18-13(11)19-10-5-8(14)3-4-9(10)15/h3-7H,1-2H3. The molecule has 0 spiro atoms. The first kappa shape index (κ1) is 14.9. The summed E-state index contributed by atoms with van der Waals surface area (Å²) in [5, 5.41) is 2.56. The summed E-state index contributed by atoms with van der Waals surface area (Å²) in [5.74, 6) is 0.231. The van der Waals surface area contributed by atoms with E-state index in [1.54, 1.807) is 12.1 Å². The third kappa shape index (κ3) is 3.54. The van der Waals surface area contributed by atoms with E-state index in [9.17, 15) is 0 Å². The SMILES string of the molecule is CC(C)c1c(Cl)ncnc1Sc1cc(Cl)ccc1Cl. The zero-order valence-electron chi connectivity index (χ0n) is 10.3. The van der Waals surface area contributed by atoms with Crippen LogP contribution in [0.3, 0.4) is 0 Å². The second-order valence-electron chi connectivity index (χ2n) is 4.21. The summed E-state index contributed by atoms with van der Waals surface area (Å²) in [4.78, 5) is 9.17. The molecular weight excluding hydrogens is 323 g/mol. The highest BCUT2D eigenvalue weighted by Crippen LogP contribution is 2.38. The van der Waals surface area contributed by atoms with Gasteiger partial charge in [0.2, 0.25) is 0 Å². The van der Waals surface area contributed by atoms with Crippen LogP contribution in [0.2, 0.25) is 15.2 Å². The van der Waals surface area contributed by atoms with Crippen molar-refractivity contribution in [2.24, 2.45) is 0 Å². The van der Waals surface area contributed by atoms with Crippen LogP contribution in [-0.2, 0) is 0 Å². The lowest BCUT2D eigenvalue weighted by Crippen LogP contribution is -1.97. The normalized spacial score (nSPS) is 11.1. The summed E-state index contributed by atoms with van der Waals surface area (Å²) in [6.45, 7) is 4.10. The molecule has 19 heavy (non-hydrogen) atoms. The molecule has 0 N–H and O–H groups in total. The Labute approximate surface area is 131 Å². The van der Waals surface area contributed by atoms with Gasteiger partial charge in [-0.2, -0.15) is 0 Å². The van der Waals surface area contributed by atoms with E-state index in [0.717, 1.165) is 15.5 Å². The molecule has 2 aromatic rings. The number of benzene rings is 1. The van der Waals surface area contributed by atoms with Crippen LogP contribution in [0, 0.1) is 0 Å². The van der Waals surface area contributed by atoms with Crippen molar-refractivity contribution >= 4 is 46.6 Å². The van der Waals surface area contributed by atoms with Crippen molar-refractivity contribution < 1.29 is 0 Å². The van der Waals surface area contributed by atoms with Crippen molar-refractivity contribution in [1.29, 1.82) is 0 Å². The zero-order chi connectivity index (χ0) is 14.0. The van der Waals surface area contributed by atoms with Gasteiger partial charge in [-0.05, 0) is 24.1 Å². The van der Waals surface area contributed by atoms with Gasteiger partial charge in [-0.1, -0.05) is 60.4 Å². The molecule has 2 rings (SSSR count). The second-order valence-corrected chi connectivity index (χ2v) is 6.45. The summed E-state index contributed by atoms with van der Waals surface area (Å²) < 4.78 is 0. The Morgan fingerprint density at radius 1 is 1.11 bits per heavy atom. The molecule has 0 atom stereocenters. The van der Waals surface area contributed by atoms with E-state index >= 15 is 0 Å². The van der Waals surface area contributed by atoms with E-state index in [4.69, 9.17) is 34.8 Å². The van der Waals surface area contributed by atoms with Crippen LogP contribution in [0.5, 0.6) is 0 Å². The van der Waals surface area contributed by atoms with Gasteiger partial charge in [-0.25, -0.2) is 9.97 Å². The molecule has 0 fully saturated rings. The minimum absolute atomic E-state index is 0.231. The van der Waals surface area contributed by atoms with Crippen molar-refractivity contribution in [1.82, 2.24) is 9.97 Å². The predicted octanol–water partition coefficient (Wildman–Crippen LogP) is 5.71.